The Morgan fingerprint density at radius 3 is 2.72 bits per heavy atom. The lowest BCUT2D eigenvalue weighted by Gasteiger charge is -2.09. The molecule has 0 bridgehead atoms. The molecule has 0 unspecified atom stereocenters. The first kappa shape index (κ1) is 12.7. The van der Waals surface area contributed by atoms with E-state index in [0.717, 1.165) is 23.4 Å². The molecule has 0 heterocycles. The summed E-state index contributed by atoms with van der Waals surface area (Å²) in [5.41, 5.74) is 2.07. The molecule has 3 nitrogen and oxygen atoms in total. The van der Waals surface area contributed by atoms with Crippen molar-refractivity contribution in [3.05, 3.63) is 42.0 Å². The van der Waals surface area contributed by atoms with Gasteiger partial charge < -0.3 is 10.1 Å². The summed E-state index contributed by atoms with van der Waals surface area (Å²) in [7, 11) is 0. The highest BCUT2D eigenvalue weighted by atomic mass is 16.5. The molecule has 3 heteroatoms. The van der Waals surface area contributed by atoms with Gasteiger partial charge in [0.25, 0.3) is 0 Å². The van der Waals surface area contributed by atoms with Gasteiger partial charge in [-0.05, 0) is 36.1 Å². The Kier molecular flexibility index (Phi) is 4.38. The average molecular weight is 242 g/mol. The van der Waals surface area contributed by atoms with E-state index in [2.05, 4.69) is 18.0 Å². The molecule has 1 aromatic rings. The lowest BCUT2D eigenvalue weighted by atomic mass is 10.2. The number of nitrogens with one attached hydrogen (secondary N) is 1. The molecule has 0 spiro atoms. The van der Waals surface area contributed by atoms with Gasteiger partial charge in [-0.1, -0.05) is 18.7 Å². The summed E-state index contributed by atoms with van der Waals surface area (Å²) in [6.07, 6.45) is 3.02. The summed E-state index contributed by atoms with van der Waals surface area (Å²) < 4.78 is 5.63. The molecular formula is C15H18N2O. The Bertz CT molecular complexity index is 441. The predicted octanol–water partition coefficient (Wildman–Crippen LogP) is 2.44. The summed E-state index contributed by atoms with van der Waals surface area (Å²) in [5, 5.41) is 12.0. The number of ether oxygens (including phenoxy) is 1. The van der Waals surface area contributed by atoms with Crippen LogP contribution in [0.5, 0.6) is 5.75 Å². The van der Waals surface area contributed by atoms with Crippen LogP contribution in [0.3, 0.4) is 0 Å². The van der Waals surface area contributed by atoms with Crippen LogP contribution in [-0.4, -0.2) is 19.2 Å². The molecule has 0 aromatic heterocycles. The number of hydrogen-bond acceptors (Lipinski definition) is 3. The first-order valence-electron chi connectivity index (χ1n) is 6.26. The monoisotopic (exact) mass is 242 g/mol. The Labute approximate surface area is 108 Å². The highest BCUT2D eigenvalue weighted by Crippen LogP contribution is 2.18. The van der Waals surface area contributed by atoms with E-state index < -0.39 is 0 Å². The third-order valence-corrected chi connectivity index (χ3v) is 2.87. The van der Waals surface area contributed by atoms with Gasteiger partial charge in [-0.15, -0.1) is 0 Å². The summed E-state index contributed by atoms with van der Waals surface area (Å²) in [6, 6.07) is 10.5. The van der Waals surface area contributed by atoms with Crippen molar-refractivity contribution in [1.29, 1.82) is 5.26 Å². The molecule has 1 aliphatic carbocycles. The van der Waals surface area contributed by atoms with E-state index in [1.165, 1.54) is 12.8 Å². The van der Waals surface area contributed by atoms with Gasteiger partial charge in [0.1, 0.15) is 12.4 Å². The number of rotatable bonds is 7. The van der Waals surface area contributed by atoms with Crippen LogP contribution in [0, 0.1) is 11.3 Å². The number of benzene rings is 1. The fourth-order valence-electron chi connectivity index (χ4n) is 1.61. The number of nitrogens with zero attached hydrogens (tertiary/aromatic N) is 1. The molecule has 1 N–H and O–H groups in total. The smallest absolute Gasteiger partial charge is 0.119 e. The first-order chi connectivity index (χ1) is 8.78. The van der Waals surface area contributed by atoms with Crippen LogP contribution < -0.4 is 10.1 Å². The quantitative estimate of drug-likeness (QED) is 0.747. The lowest BCUT2D eigenvalue weighted by Crippen LogP contribution is -2.21. The Morgan fingerprint density at radius 1 is 1.39 bits per heavy atom. The molecule has 0 aliphatic heterocycles. The SMILES string of the molecule is C=C(CNC1CC1)COc1ccc(CC#N)cc1. The van der Waals surface area contributed by atoms with Crippen LogP contribution in [0.25, 0.3) is 0 Å². The van der Waals surface area contributed by atoms with Gasteiger partial charge in [0, 0.05) is 12.6 Å². The molecule has 1 aliphatic rings. The Hall–Kier alpha value is -1.79. The van der Waals surface area contributed by atoms with Crippen molar-refractivity contribution in [3.63, 3.8) is 0 Å². The van der Waals surface area contributed by atoms with Crippen LogP contribution in [-0.2, 0) is 6.42 Å². The maximum atomic E-state index is 8.57. The van der Waals surface area contributed by atoms with Crippen LogP contribution in [0.4, 0.5) is 0 Å². The summed E-state index contributed by atoms with van der Waals surface area (Å²) in [6.45, 7) is 5.36. The Balaban J connectivity index is 1.71. The van der Waals surface area contributed by atoms with Crippen molar-refractivity contribution >= 4 is 0 Å². The predicted molar refractivity (Wildman–Crippen MR) is 71.4 cm³/mol. The third-order valence-electron chi connectivity index (χ3n) is 2.87. The fraction of sp³-hybridized carbons (Fsp3) is 0.400. The van der Waals surface area contributed by atoms with Gasteiger partial charge in [0.15, 0.2) is 0 Å². The average Bonchev–Trinajstić information content (AvgIpc) is 3.20. The minimum atomic E-state index is 0.443. The maximum Gasteiger partial charge on any atom is 0.119 e. The summed E-state index contributed by atoms with van der Waals surface area (Å²) in [4.78, 5) is 0. The van der Waals surface area contributed by atoms with Crippen molar-refractivity contribution < 1.29 is 4.74 Å². The van der Waals surface area contributed by atoms with E-state index in [-0.39, 0.29) is 0 Å². The second-order valence-corrected chi connectivity index (χ2v) is 4.67. The normalized spacial score (nSPS) is 13.9. The zero-order chi connectivity index (χ0) is 12.8. The van der Waals surface area contributed by atoms with Crippen LogP contribution in [0.15, 0.2) is 36.4 Å². The topological polar surface area (TPSA) is 45.0 Å². The first-order valence-corrected chi connectivity index (χ1v) is 6.26. The molecule has 18 heavy (non-hydrogen) atoms. The molecule has 2 rings (SSSR count). The van der Waals surface area contributed by atoms with E-state index in [9.17, 15) is 0 Å². The van der Waals surface area contributed by atoms with Crippen molar-refractivity contribution in [2.75, 3.05) is 13.2 Å². The maximum absolute atomic E-state index is 8.57. The molecular weight excluding hydrogens is 224 g/mol. The van der Waals surface area contributed by atoms with Crippen LogP contribution >= 0.6 is 0 Å². The molecule has 94 valence electrons. The fourth-order valence-corrected chi connectivity index (χ4v) is 1.61. The highest BCUT2D eigenvalue weighted by molar-refractivity contribution is 5.29. The molecule has 0 saturated heterocycles. The van der Waals surface area contributed by atoms with E-state index >= 15 is 0 Å². The lowest BCUT2D eigenvalue weighted by molar-refractivity contribution is 0.348. The molecule has 1 fully saturated rings. The second kappa shape index (κ2) is 6.23. The van der Waals surface area contributed by atoms with Crippen molar-refractivity contribution in [2.45, 2.75) is 25.3 Å². The summed E-state index contributed by atoms with van der Waals surface area (Å²) in [5.74, 6) is 0.823. The minimum Gasteiger partial charge on any atom is -0.489 e. The van der Waals surface area contributed by atoms with Gasteiger partial charge >= 0.3 is 0 Å². The van der Waals surface area contributed by atoms with E-state index in [4.69, 9.17) is 10.00 Å². The van der Waals surface area contributed by atoms with Crippen LogP contribution in [0.1, 0.15) is 18.4 Å². The second-order valence-electron chi connectivity index (χ2n) is 4.67. The molecule has 0 atom stereocenters. The van der Waals surface area contributed by atoms with Gasteiger partial charge in [0.2, 0.25) is 0 Å². The molecule has 1 aromatic carbocycles. The van der Waals surface area contributed by atoms with Crippen molar-refractivity contribution in [2.24, 2.45) is 0 Å². The molecule has 0 amide bonds. The largest absolute Gasteiger partial charge is 0.489 e. The van der Waals surface area contributed by atoms with Crippen LogP contribution in [0.2, 0.25) is 0 Å². The van der Waals surface area contributed by atoms with Crippen molar-refractivity contribution in [1.82, 2.24) is 5.32 Å². The number of nitriles is 1. The number of hydrogen-bond donors (Lipinski definition) is 1. The van der Waals surface area contributed by atoms with E-state index in [1.807, 2.05) is 24.3 Å². The van der Waals surface area contributed by atoms with E-state index in [0.29, 0.717) is 19.1 Å². The molecule has 1 saturated carbocycles. The molecule has 0 radical (unpaired) electrons. The zero-order valence-electron chi connectivity index (χ0n) is 10.5. The minimum absolute atomic E-state index is 0.443. The highest BCUT2D eigenvalue weighted by Gasteiger charge is 2.19. The zero-order valence-corrected chi connectivity index (χ0v) is 10.5. The summed E-state index contributed by atoms with van der Waals surface area (Å²) >= 11 is 0. The third kappa shape index (κ3) is 4.23. The standard InChI is InChI=1S/C15H18N2O/c1-12(10-17-14-4-5-14)11-18-15-6-2-13(3-7-15)8-9-16/h2-3,6-7,14,17H,1,4-5,8,10-11H2. The van der Waals surface area contributed by atoms with Gasteiger partial charge in [-0.3, -0.25) is 0 Å². The van der Waals surface area contributed by atoms with Gasteiger partial charge in [-0.2, -0.15) is 5.26 Å². The van der Waals surface area contributed by atoms with Crippen molar-refractivity contribution in [3.8, 4) is 11.8 Å². The van der Waals surface area contributed by atoms with Gasteiger partial charge in [0.05, 0.1) is 12.5 Å². The van der Waals surface area contributed by atoms with E-state index in [1.54, 1.807) is 0 Å². The Morgan fingerprint density at radius 2 is 2.11 bits per heavy atom. The van der Waals surface area contributed by atoms with Gasteiger partial charge in [-0.25, -0.2) is 0 Å².